The number of piperazine rings is 1. The summed E-state index contributed by atoms with van der Waals surface area (Å²) in [4.78, 5) is 30.0. The molecule has 2 aromatic heterocycles. The predicted molar refractivity (Wildman–Crippen MR) is 134 cm³/mol. The molecule has 0 radical (unpaired) electrons. The average molecular weight is 460 g/mol. The summed E-state index contributed by atoms with van der Waals surface area (Å²) in [5.41, 5.74) is 2.69. The van der Waals surface area contributed by atoms with Crippen LogP contribution in [-0.4, -0.2) is 58.4 Å². The summed E-state index contributed by atoms with van der Waals surface area (Å²) in [7, 11) is 3.33. The van der Waals surface area contributed by atoms with Crippen LogP contribution >= 0.6 is 0 Å². The van der Waals surface area contributed by atoms with Crippen LogP contribution in [-0.2, 0) is 18.4 Å². The van der Waals surface area contributed by atoms with Gasteiger partial charge in [-0.1, -0.05) is 18.2 Å². The molecule has 3 heterocycles. The summed E-state index contributed by atoms with van der Waals surface area (Å²) >= 11 is 0. The van der Waals surface area contributed by atoms with Crippen molar-refractivity contribution in [1.82, 2.24) is 19.2 Å². The highest BCUT2D eigenvalue weighted by Gasteiger charge is 2.21. The van der Waals surface area contributed by atoms with E-state index in [1.165, 1.54) is 4.68 Å². The van der Waals surface area contributed by atoms with Crippen LogP contribution in [0.5, 0.6) is 5.75 Å². The van der Waals surface area contributed by atoms with Crippen LogP contribution in [0.15, 0.2) is 59.5 Å². The molecule has 5 rings (SSSR count). The van der Waals surface area contributed by atoms with Crippen LogP contribution in [0.3, 0.4) is 0 Å². The number of anilines is 1. The fourth-order valence-corrected chi connectivity index (χ4v) is 4.83. The molecule has 8 nitrogen and oxygen atoms in total. The molecule has 0 spiro atoms. The smallest absolute Gasteiger partial charge is 0.291 e. The molecule has 2 aromatic carbocycles. The predicted octanol–water partition coefficient (Wildman–Crippen LogP) is 3.03. The first kappa shape index (κ1) is 22.0. The third-order valence-corrected chi connectivity index (χ3v) is 6.71. The molecule has 1 amide bonds. The molecule has 8 heteroatoms. The number of methoxy groups -OCH3 is 1. The molecule has 4 aromatic rings. The highest BCUT2D eigenvalue weighted by Crippen LogP contribution is 2.27. The summed E-state index contributed by atoms with van der Waals surface area (Å²) < 4.78 is 8.65. The van der Waals surface area contributed by atoms with Gasteiger partial charge in [-0.25, -0.2) is 4.68 Å². The van der Waals surface area contributed by atoms with E-state index in [-0.39, 0.29) is 11.5 Å². The molecular weight excluding hydrogens is 430 g/mol. The Bertz CT molecular complexity index is 1380. The molecule has 0 atom stereocenters. The van der Waals surface area contributed by atoms with Crippen molar-refractivity contribution in [2.24, 2.45) is 7.05 Å². The van der Waals surface area contributed by atoms with Crippen LogP contribution in [0.25, 0.3) is 21.8 Å². The number of carbonyl (C=O) groups is 1. The number of benzene rings is 2. The minimum atomic E-state index is -0.116. The second kappa shape index (κ2) is 9.21. The average Bonchev–Trinajstić information content (AvgIpc) is 3.20. The van der Waals surface area contributed by atoms with E-state index in [1.54, 1.807) is 20.4 Å². The summed E-state index contributed by atoms with van der Waals surface area (Å²) in [6.07, 6.45) is 2.89. The summed E-state index contributed by atoms with van der Waals surface area (Å²) in [5, 5.41) is 6.07. The van der Waals surface area contributed by atoms with Gasteiger partial charge < -0.3 is 19.1 Å². The van der Waals surface area contributed by atoms with E-state index >= 15 is 0 Å². The van der Waals surface area contributed by atoms with Crippen molar-refractivity contribution in [3.8, 4) is 5.75 Å². The van der Waals surface area contributed by atoms with Crippen molar-refractivity contribution >= 4 is 33.4 Å². The van der Waals surface area contributed by atoms with Gasteiger partial charge in [0.2, 0.25) is 5.91 Å². The maximum Gasteiger partial charge on any atom is 0.291 e. The maximum atomic E-state index is 12.9. The van der Waals surface area contributed by atoms with E-state index < -0.39 is 0 Å². The lowest BCUT2D eigenvalue weighted by Gasteiger charge is -2.36. The maximum absolute atomic E-state index is 12.9. The normalized spacial score (nSPS) is 14.2. The standard InChI is InChI=1S/C26H29N5O3/c1-28-26(33)25-22(18-27-28)21-6-3-4-7-23(21)31(25)13-5-8-24(32)30-16-14-29(15-17-30)19-9-11-20(34-2)12-10-19/h3-4,6-7,9-12,18H,5,8,13-17H2,1-2H3. The quantitative estimate of drug-likeness (QED) is 0.443. The van der Waals surface area contributed by atoms with Gasteiger partial charge in [-0.15, -0.1) is 0 Å². The molecule has 0 saturated carbocycles. The number of amides is 1. The molecule has 176 valence electrons. The number of hydrogen-bond acceptors (Lipinski definition) is 5. The first-order valence-electron chi connectivity index (χ1n) is 11.7. The van der Waals surface area contributed by atoms with Crippen LogP contribution < -0.4 is 15.2 Å². The van der Waals surface area contributed by atoms with Crippen molar-refractivity contribution in [2.75, 3.05) is 38.2 Å². The Hall–Kier alpha value is -3.81. The summed E-state index contributed by atoms with van der Waals surface area (Å²) in [5.74, 6) is 1.01. The van der Waals surface area contributed by atoms with Crippen molar-refractivity contribution in [3.63, 3.8) is 0 Å². The lowest BCUT2D eigenvalue weighted by Crippen LogP contribution is -2.48. The van der Waals surface area contributed by atoms with Crippen LogP contribution in [0.2, 0.25) is 0 Å². The largest absolute Gasteiger partial charge is 0.497 e. The van der Waals surface area contributed by atoms with E-state index in [0.29, 0.717) is 38.0 Å². The van der Waals surface area contributed by atoms with Gasteiger partial charge in [0.1, 0.15) is 11.3 Å². The first-order valence-corrected chi connectivity index (χ1v) is 11.7. The number of carbonyl (C=O) groups excluding carboxylic acids is 1. The molecule has 0 unspecified atom stereocenters. The minimum absolute atomic E-state index is 0.116. The van der Waals surface area contributed by atoms with E-state index in [0.717, 1.165) is 40.8 Å². The Labute approximate surface area is 197 Å². The molecule has 0 aliphatic carbocycles. The van der Waals surface area contributed by atoms with Gasteiger partial charge in [-0.3, -0.25) is 9.59 Å². The third-order valence-electron chi connectivity index (χ3n) is 6.71. The van der Waals surface area contributed by atoms with Gasteiger partial charge in [0, 0.05) is 68.2 Å². The number of aromatic nitrogens is 3. The molecule has 0 N–H and O–H groups in total. The Morgan fingerprint density at radius 2 is 1.74 bits per heavy atom. The summed E-state index contributed by atoms with van der Waals surface area (Å²) in [6.45, 7) is 3.67. The van der Waals surface area contributed by atoms with Gasteiger partial charge in [0.15, 0.2) is 0 Å². The number of rotatable bonds is 6. The highest BCUT2D eigenvalue weighted by molar-refractivity contribution is 6.07. The monoisotopic (exact) mass is 459 g/mol. The molecule has 1 saturated heterocycles. The minimum Gasteiger partial charge on any atom is -0.497 e. The number of hydrogen-bond donors (Lipinski definition) is 0. The zero-order valence-corrected chi connectivity index (χ0v) is 19.6. The fourth-order valence-electron chi connectivity index (χ4n) is 4.83. The molecule has 34 heavy (non-hydrogen) atoms. The lowest BCUT2D eigenvalue weighted by atomic mass is 10.2. The Balaban J connectivity index is 1.23. The molecule has 0 bridgehead atoms. The van der Waals surface area contributed by atoms with Gasteiger partial charge in [-0.05, 0) is 36.8 Å². The second-order valence-corrected chi connectivity index (χ2v) is 8.67. The van der Waals surface area contributed by atoms with Crippen molar-refractivity contribution < 1.29 is 9.53 Å². The fraction of sp³-hybridized carbons (Fsp3) is 0.346. The van der Waals surface area contributed by atoms with Gasteiger partial charge in [0.05, 0.1) is 13.3 Å². The third kappa shape index (κ3) is 4.00. The molecule has 1 aliphatic heterocycles. The van der Waals surface area contributed by atoms with E-state index in [2.05, 4.69) is 22.1 Å². The summed E-state index contributed by atoms with van der Waals surface area (Å²) in [6, 6.07) is 16.0. The Morgan fingerprint density at radius 3 is 2.47 bits per heavy atom. The van der Waals surface area contributed by atoms with Crippen LogP contribution in [0, 0.1) is 0 Å². The van der Waals surface area contributed by atoms with Crippen LogP contribution in [0.4, 0.5) is 5.69 Å². The van der Waals surface area contributed by atoms with Gasteiger partial charge >= 0.3 is 0 Å². The Kier molecular flexibility index (Phi) is 5.96. The van der Waals surface area contributed by atoms with Gasteiger partial charge in [-0.2, -0.15) is 5.10 Å². The zero-order chi connectivity index (χ0) is 23.7. The van der Waals surface area contributed by atoms with E-state index in [1.807, 2.05) is 45.9 Å². The number of para-hydroxylation sites is 1. The molecular formula is C26H29N5O3. The highest BCUT2D eigenvalue weighted by atomic mass is 16.5. The SMILES string of the molecule is COc1ccc(N2CCN(C(=O)CCCn3c4ccccc4c4cnn(C)c(=O)c43)CC2)cc1. The second-order valence-electron chi connectivity index (χ2n) is 8.67. The first-order chi connectivity index (χ1) is 16.6. The topological polar surface area (TPSA) is 72.6 Å². The number of aryl methyl sites for hydroxylation is 2. The number of ether oxygens (including phenoxy) is 1. The zero-order valence-electron chi connectivity index (χ0n) is 19.6. The Morgan fingerprint density at radius 1 is 1.00 bits per heavy atom. The van der Waals surface area contributed by atoms with Crippen molar-refractivity contribution in [3.05, 3.63) is 65.1 Å². The molecule has 1 fully saturated rings. The lowest BCUT2D eigenvalue weighted by molar-refractivity contribution is -0.131. The number of nitrogens with zero attached hydrogens (tertiary/aromatic N) is 5. The van der Waals surface area contributed by atoms with Crippen molar-refractivity contribution in [2.45, 2.75) is 19.4 Å². The van der Waals surface area contributed by atoms with E-state index in [4.69, 9.17) is 4.74 Å². The number of fused-ring (bicyclic) bond motifs is 3. The molecule has 1 aliphatic rings. The van der Waals surface area contributed by atoms with Crippen LogP contribution in [0.1, 0.15) is 12.8 Å². The van der Waals surface area contributed by atoms with E-state index in [9.17, 15) is 9.59 Å². The van der Waals surface area contributed by atoms with Crippen molar-refractivity contribution in [1.29, 1.82) is 0 Å². The van der Waals surface area contributed by atoms with Gasteiger partial charge in [0.25, 0.3) is 5.56 Å².